The summed E-state index contributed by atoms with van der Waals surface area (Å²) in [5.74, 6) is 1.54. The second-order valence-corrected chi connectivity index (χ2v) is 6.71. The highest BCUT2D eigenvalue weighted by Gasteiger charge is 2.16. The van der Waals surface area contributed by atoms with Gasteiger partial charge in [0.2, 0.25) is 0 Å². The second-order valence-electron chi connectivity index (χ2n) is 6.71. The third-order valence-electron chi connectivity index (χ3n) is 4.66. The predicted octanol–water partition coefficient (Wildman–Crippen LogP) is 5.80. The van der Waals surface area contributed by atoms with Gasteiger partial charge in [-0.25, -0.2) is 4.79 Å². The van der Waals surface area contributed by atoms with Crippen LogP contribution in [0, 0.1) is 0 Å². The van der Waals surface area contributed by atoms with Gasteiger partial charge in [0.1, 0.15) is 17.2 Å². The van der Waals surface area contributed by atoms with Crippen LogP contribution in [0.2, 0.25) is 0 Å². The van der Waals surface area contributed by atoms with Crippen molar-refractivity contribution in [3.8, 4) is 17.2 Å². The standard InChI is InChI=1S/C23H36O5/c1-6-8-9-10-11-12-13-14-18(23(24)28-7-2)15-20-21(26-4)16-19(25-3)17-22(20)27-5/h15-17H,6-14H2,1-5H3. The van der Waals surface area contributed by atoms with E-state index < -0.39 is 0 Å². The first-order chi connectivity index (χ1) is 13.6. The number of ether oxygens (including phenoxy) is 4. The van der Waals surface area contributed by atoms with E-state index in [1.165, 1.54) is 32.1 Å². The van der Waals surface area contributed by atoms with Crippen LogP contribution in [0.1, 0.15) is 70.8 Å². The molecule has 1 aromatic carbocycles. The average molecular weight is 393 g/mol. The van der Waals surface area contributed by atoms with E-state index in [1.807, 2.05) is 13.0 Å². The Hall–Kier alpha value is -2.17. The summed E-state index contributed by atoms with van der Waals surface area (Å²) in [6, 6.07) is 3.57. The van der Waals surface area contributed by atoms with E-state index in [0.29, 0.717) is 35.8 Å². The van der Waals surface area contributed by atoms with Crippen molar-refractivity contribution in [3.63, 3.8) is 0 Å². The molecule has 1 aromatic rings. The van der Waals surface area contributed by atoms with E-state index in [2.05, 4.69) is 6.92 Å². The largest absolute Gasteiger partial charge is 0.496 e. The summed E-state index contributed by atoms with van der Waals surface area (Å²) in [5.41, 5.74) is 1.36. The lowest BCUT2D eigenvalue weighted by atomic mass is 10.0. The van der Waals surface area contributed by atoms with Crippen LogP contribution in [0.5, 0.6) is 17.2 Å². The molecule has 1 rings (SSSR count). The Bertz CT molecular complexity index is 596. The maximum absolute atomic E-state index is 12.5. The molecule has 0 aliphatic rings. The number of carbonyl (C=O) groups is 1. The molecule has 0 saturated heterocycles. The van der Waals surface area contributed by atoms with Gasteiger partial charge >= 0.3 is 5.97 Å². The van der Waals surface area contributed by atoms with Crippen LogP contribution in [-0.2, 0) is 9.53 Å². The van der Waals surface area contributed by atoms with Gasteiger partial charge in [-0.3, -0.25) is 0 Å². The lowest BCUT2D eigenvalue weighted by molar-refractivity contribution is -0.138. The van der Waals surface area contributed by atoms with Gasteiger partial charge in [0.05, 0.1) is 33.5 Å². The van der Waals surface area contributed by atoms with Gasteiger partial charge in [-0.1, -0.05) is 45.4 Å². The molecular formula is C23H36O5. The quantitative estimate of drug-likeness (QED) is 0.227. The smallest absolute Gasteiger partial charge is 0.334 e. The van der Waals surface area contributed by atoms with Crippen LogP contribution >= 0.6 is 0 Å². The maximum atomic E-state index is 12.5. The van der Waals surface area contributed by atoms with Crippen LogP contribution in [0.4, 0.5) is 0 Å². The molecule has 5 nitrogen and oxygen atoms in total. The first-order valence-electron chi connectivity index (χ1n) is 10.3. The molecule has 158 valence electrons. The van der Waals surface area contributed by atoms with E-state index in [4.69, 9.17) is 18.9 Å². The molecule has 0 aromatic heterocycles. The Labute approximate surface area is 170 Å². The van der Waals surface area contributed by atoms with Gasteiger partial charge in [-0.15, -0.1) is 0 Å². The van der Waals surface area contributed by atoms with Crippen LogP contribution in [0.25, 0.3) is 6.08 Å². The van der Waals surface area contributed by atoms with Gasteiger partial charge in [-0.2, -0.15) is 0 Å². The van der Waals surface area contributed by atoms with E-state index in [9.17, 15) is 4.79 Å². The Balaban J connectivity index is 2.98. The number of rotatable bonds is 14. The molecule has 28 heavy (non-hydrogen) atoms. The third kappa shape index (κ3) is 7.83. The first kappa shape index (κ1) is 23.9. The van der Waals surface area contributed by atoms with Crippen LogP contribution in [0.3, 0.4) is 0 Å². The number of hydrogen-bond acceptors (Lipinski definition) is 5. The minimum Gasteiger partial charge on any atom is -0.496 e. The van der Waals surface area contributed by atoms with E-state index in [1.54, 1.807) is 33.5 Å². The Kier molecular flexibility index (Phi) is 11.9. The number of benzene rings is 1. The van der Waals surface area contributed by atoms with Crippen molar-refractivity contribution in [2.75, 3.05) is 27.9 Å². The highest BCUT2D eigenvalue weighted by atomic mass is 16.5. The van der Waals surface area contributed by atoms with Crippen molar-refractivity contribution in [3.05, 3.63) is 23.3 Å². The summed E-state index contributed by atoms with van der Waals surface area (Å²) >= 11 is 0. The van der Waals surface area contributed by atoms with Crippen molar-refractivity contribution in [1.29, 1.82) is 0 Å². The van der Waals surface area contributed by atoms with Gasteiger partial charge in [0.15, 0.2) is 0 Å². The average Bonchev–Trinajstić information content (AvgIpc) is 2.71. The van der Waals surface area contributed by atoms with Gasteiger partial charge < -0.3 is 18.9 Å². The maximum Gasteiger partial charge on any atom is 0.334 e. The van der Waals surface area contributed by atoms with E-state index in [-0.39, 0.29) is 5.97 Å². The number of esters is 1. The molecule has 0 fully saturated rings. The first-order valence-corrected chi connectivity index (χ1v) is 10.3. The number of hydrogen-bond donors (Lipinski definition) is 0. The summed E-state index contributed by atoms with van der Waals surface area (Å²) in [6.07, 6.45) is 10.9. The molecule has 0 N–H and O–H groups in total. The van der Waals surface area contributed by atoms with Crippen molar-refractivity contribution < 1.29 is 23.7 Å². The van der Waals surface area contributed by atoms with Crippen molar-refractivity contribution >= 4 is 12.0 Å². The number of unbranched alkanes of at least 4 members (excludes halogenated alkanes) is 6. The van der Waals surface area contributed by atoms with Crippen LogP contribution in [0.15, 0.2) is 17.7 Å². The monoisotopic (exact) mass is 392 g/mol. The molecule has 0 amide bonds. The topological polar surface area (TPSA) is 54.0 Å². The van der Waals surface area contributed by atoms with Gasteiger partial charge in [0, 0.05) is 17.7 Å². The Morgan fingerprint density at radius 1 is 0.857 bits per heavy atom. The fraction of sp³-hybridized carbons (Fsp3) is 0.609. The van der Waals surface area contributed by atoms with Crippen LogP contribution in [-0.4, -0.2) is 33.9 Å². The molecule has 0 unspecified atom stereocenters. The molecule has 0 spiro atoms. The zero-order valence-corrected chi connectivity index (χ0v) is 18.1. The van der Waals surface area contributed by atoms with Gasteiger partial charge in [-0.05, 0) is 25.8 Å². The second kappa shape index (κ2) is 13.9. The Morgan fingerprint density at radius 3 is 1.93 bits per heavy atom. The van der Waals surface area contributed by atoms with Gasteiger partial charge in [0.25, 0.3) is 0 Å². The fourth-order valence-corrected chi connectivity index (χ4v) is 3.08. The van der Waals surface area contributed by atoms with Crippen molar-refractivity contribution in [2.45, 2.75) is 65.2 Å². The summed E-state index contributed by atoms with van der Waals surface area (Å²) in [5, 5.41) is 0. The molecule has 0 bridgehead atoms. The molecule has 0 atom stereocenters. The van der Waals surface area contributed by atoms with Crippen molar-refractivity contribution in [2.24, 2.45) is 0 Å². The Morgan fingerprint density at radius 2 is 1.43 bits per heavy atom. The van der Waals surface area contributed by atoms with E-state index in [0.717, 1.165) is 18.4 Å². The predicted molar refractivity (Wildman–Crippen MR) is 113 cm³/mol. The lowest BCUT2D eigenvalue weighted by Crippen LogP contribution is -2.08. The lowest BCUT2D eigenvalue weighted by Gasteiger charge is -2.14. The summed E-state index contributed by atoms with van der Waals surface area (Å²) in [6.45, 7) is 4.39. The molecule has 0 heterocycles. The third-order valence-corrected chi connectivity index (χ3v) is 4.66. The molecule has 5 heteroatoms. The molecule has 0 radical (unpaired) electrons. The zero-order chi connectivity index (χ0) is 20.8. The number of methoxy groups -OCH3 is 3. The minimum atomic E-state index is -0.284. The summed E-state index contributed by atoms with van der Waals surface area (Å²) in [4.78, 5) is 12.5. The summed E-state index contributed by atoms with van der Waals surface area (Å²) in [7, 11) is 4.77. The molecule has 0 aliphatic heterocycles. The highest BCUT2D eigenvalue weighted by molar-refractivity contribution is 5.94. The zero-order valence-electron chi connectivity index (χ0n) is 18.1. The minimum absolute atomic E-state index is 0.284. The fourth-order valence-electron chi connectivity index (χ4n) is 3.08. The molecule has 0 aliphatic carbocycles. The normalized spacial score (nSPS) is 11.2. The van der Waals surface area contributed by atoms with Crippen LogP contribution < -0.4 is 14.2 Å². The number of carbonyl (C=O) groups excluding carboxylic acids is 1. The highest BCUT2D eigenvalue weighted by Crippen LogP contribution is 2.36. The molecule has 0 saturated carbocycles. The SMILES string of the molecule is CCCCCCCCCC(=Cc1c(OC)cc(OC)cc1OC)C(=O)OCC. The van der Waals surface area contributed by atoms with Crippen molar-refractivity contribution in [1.82, 2.24) is 0 Å². The summed E-state index contributed by atoms with van der Waals surface area (Å²) < 4.78 is 21.5. The molecular weight excluding hydrogens is 356 g/mol. The van der Waals surface area contributed by atoms with E-state index >= 15 is 0 Å².